The summed E-state index contributed by atoms with van der Waals surface area (Å²) in [6.45, 7) is 2.38. The minimum Gasteiger partial charge on any atom is -0.212 e. The Morgan fingerprint density at radius 1 is 1.60 bits per heavy atom. The van der Waals surface area contributed by atoms with Crippen LogP contribution in [-0.2, 0) is 10.0 Å². The van der Waals surface area contributed by atoms with Gasteiger partial charge in [0.2, 0.25) is 10.0 Å². The minimum absolute atomic E-state index is 0.0844. The van der Waals surface area contributed by atoms with Gasteiger partial charge in [-0.1, -0.05) is 0 Å². The van der Waals surface area contributed by atoms with E-state index in [-0.39, 0.29) is 11.8 Å². The SMILES string of the molecule is CCS(=O)(=O)N1CCCC1c1ccsc1. The van der Waals surface area contributed by atoms with Gasteiger partial charge >= 0.3 is 0 Å². The lowest BCUT2D eigenvalue weighted by atomic mass is 10.1. The zero-order valence-corrected chi connectivity index (χ0v) is 10.4. The summed E-state index contributed by atoms with van der Waals surface area (Å²) in [5.41, 5.74) is 1.15. The predicted octanol–water partition coefficient (Wildman–Crippen LogP) is 2.23. The van der Waals surface area contributed by atoms with Crippen LogP contribution in [0.2, 0.25) is 0 Å². The highest BCUT2D eigenvalue weighted by Crippen LogP contribution is 2.35. The summed E-state index contributed by atoms with van der Waals surface area (Å²) in [5, 5.41) is 4.05. The van der Waals surface area contributed by atoms with Gasteiger partial charge in [0.1, 0.15) is 0 Å². The minimum atomic E-state index is -3.04. The van der Waals surface area contributed by atoms with Gasteiger partial charge in [-0.2, -0.15) is 15.6 Å². The second kappa shape index (κ2) is 4.23. The molecule has 0 saturated carbocycles. The van der Waals surface area contributed by atoms with Crippen molar-refractivity contribution in [2.24, 2.45) is 0 Å². The van der Waals surface area contributed by atoms with Crippen LogP contribution in [0.3, 0.4) is 0 Å². The van der Waals surface area contributed by atoms with Crippen molar-refractivity contribution in [3.63, 3.8) is 0 Å². The van der Waals surface area contributed by atoms with Crippen molar-refractivity contribution < 1.29 is 8.42 Å². The fraction of sp³-hybridized carbons (Fsp3) is 0.600. The van der Waals surface area contributed by atoms with Crippen molar-refractivity contribution in [3.05, 3.63) is 22.4 Å². The molecule has 0 bridgehead atoms. The highest BCUT2D eigenvalue weighted by Gasteiger charge is 2.33. The number of hydrogen-bond acceptors (Lipinski definition) is 3. The molecule has 1 unspecified atom stereocenters. The predicted molar refractivity (Wildman–Crippen MR) is 62.5 cm³/mol. The van der Waals surface area contributed by atoms with E-state index in [2.05, 4.69) is 0 Å². The first-order chi connectivity index (χ1) is 7.15. The molecule has 1 atom stereocenters. The molecule has 2 heterocycles. The monoisotopic (exact) mass is 245 g/mol. The van der Waals surface area contributed by atoms with Gasteiger partial charge in [0, 0.05) is 6.54 Å². The fourth-order valence-electron chi connectivity index (χ4n) is 2.04. The molecule has 0 radical (unpaired) electrons. The summed E-state index contributed by atoms with van der Waals surface area (Å²) in [7, 11) is -3.04. The molecular weight excluding hydrogens is 230 g/mol. The second-order valence-electron chi connectivity index (χ2n) is 3.73. The molecule has 1 saturated heterocycles. The lowest BCUT2D eigenvalue weighted by molar-refractivity contribution is 0.398. The molecule has 3 nitrogen and oxygen atoms in total. The third kappa shape index (κ3) is 2.09. The van der Waals surface area contributed by atoms with Gasteiger partial charge in [-0.3, -0.25) is 0 Å². The molecule has 15 heavy (non-hydrogen) atoms. The summed E-state index contributed by atoms with van der Waals surface area (Å²) in [5.74, 6) is 0.202. The van der Waals surface area contributed by atoms with Crippen LogP contribution in [0.1, 0.15) is 31.4 Å². The van der Waals surface area contributed by atoms with Gasteiger partial charge in [0.15, 0.2) is 0 Å². The van der Waals surface area contributed by atoms with Crippen molar-refractivity contribution >= 4 is 21.4 Å². The molecule has 1 aromatic heterocycles. The molecule has 0 amide bonds. The maximum atomic E-state index is 11.8. The molecule has 0 N–H and O–H groups in total. The third-order valence-electron chi connectivity index (χ3n) is 2.85. The Morgan fingerprint density at radius 2 is 2.40 bits per heavy atom. The van der Waals surface area contributed by atoms with Gasteiger partial charge in [-0.25, -0.2) is 8.42 Å². The molecule has 0 aromatic carbocycles. The molecule has 1 fully saturated rings. The highest BCUT2D eigenvalue weighted by molar-refractivity contribution is 7.89. The normalized spacial score (nSPS) is 23.4. The van der Waals surface area contributed by atoms with E-state index in [9.17, 15) is 8.42 Å². The van der Waals surface area contributed by atoms with E-state index in [1.807, 2.05) is 16.8 Å². The summed E-state index contributed by atoms with van der Waals surface area (Å²) >= 11 is 1.63. The highest BCUT2D eigenvalue weighted by atomic mass is 32.2. The Hall–Kier alpha value is -0.390. The fourth-order valence-corrected chi connectivity index (χ4v) is 4.10. The van der Waals surface area contributed by atoms with E-state index in [1.54, 1.807) is 22.6 Å². The van der Waals surface area contributed by atoms with Crippen LogP contribution in [0, 0.1) is 0 Å². The summed E-state index contributed by atoms with van der Waals surface area (Å²) < 4.78 is 25.3. The largest absolute Gasteiger partial charge is 0.214 e. The van der Waals surface area contributed by atoms with E-state index in [4.69, 9.17) is 0 Å². The van der Waals surface area contributed by atoms with Crippen LogP contribution in [0.5, 0.6) is 0 Å². The Bertz CT molecular complexity index is 411. The standard InChI is InChI=1S/C10H15NO2S2/c1-2-15(12,13)11-6-3-4-10(11)9-5-7-14-8-9/h5,7-8,10H,2-4,6H2,1H3. The zero-order valence-electron chi connectivity index (χ0n) is 8.72. The molecule has 0 aliphatic carbocycles. The van der Waals surface area contributed by atoms with Gasteiger partial charge in [-0.05, 0) is 42.2 Å². The smallest absolute Gasteiger partial charge is 0.212 e. The van der Waals surface area contributed by atoms with Crippen LogP contribution in [0.25, 0.3) is 0 Å². The van der Waals surface area contributed by atoms with Gasteiger partial charge < -0.3 is 0 Å². The van der Waals surface area contributed by atoms with Crippen LogP contribution < -0.4 is 0 Å². The number of rotatable bonds is 3. The Labute approximate surface area is 94.8 Å². The van der Waals surface area contributed by atoms with E-state index < -0.39 is 10.0 Å². The molecule has 1 aliphatic heterocycles. The molecule has 1 aliphatic rings. The van der Waals surface area contributed by atoms with E-state index in [1.165, 1.54) is 0 Å². The van der Waals surface area contributed by atoms with Crippen molar-refractivity contribution in [3.8, 4) is 0 Å². The maximum Gasteiger partial charge on any atom is 0.214 e. The average molecular weight is 245 g/mol. The number of nitrogens with zero attached hydrogens (tertiary/aromatic N) is 1. The van der Waals surface area contributed by atoms with Crippen LogP contribution in [0.15, 0.2) is 16.8 Å². The van der Waals surface area contributed by atoms with E-state index in [0.717, 1.165) is 18.4 Å². The van der Waals surface area contributed by atoms with E-state index in [0.29, 0.717) is 6.54 Å². The van der Waals surface area contributed by atoms with Gasteiger partial charge in [-0.15, -0.1) is 0 Å². The van der Waals surface area contributed by atoms with E-state index >= 15 is 0 Å². The number of thiophene rings is 1. The Kier molecular flexibility index (Phi) is 3.13. The Balaban J connectivity index is 2.27. The summed E-state index contributed by atoms with van der Waals surface area (Å²) in [6, 6.07) is 2.11. The molecule has 2 rings (SSSR count). The second-order valence-corrected chi connectivity index (χ2v) is 6.72. The molecular formula is C10H15NO2S2. The summed E-state index contributed by atoms with van der Waals surface area (Å²) in [4.78, 5) is 0. The molecule has 5 heteroatoms. The van der Waals surface area contributed by atoms with Gasteiger partial charge in [0.25, 0.3) is 0 Å². The average Bonchev–Trinajstić information content (AvgIpc) is 2.87. The van der Waals surface area contributed by atoms with Crippen LogP contribution in [0.4, 0.5) is 0 Å². The summed E-state index contributed by atoms with van der Waals surface area (Å²) in [6.07, 6.45) is 1.93. The van der Waals surface area contributed by atoms with Crippen molar-refractivity contribution in [1.82, 2.24) is 4.31 Å². The first kappa shape index (κ1) is 11.1. The van der Waals surface area contributed by atoms with Crippen molar-refractivity contribution in [1.29, 1.82) is 0 Å². The zero-order chi connectivity index (χ0) is 10.9. The lowest BCUT2D eigenvalue weighted by Gasteiger charge is -2.22. The quantitative estimate of drug-likeness (QED) is 0.819. The molecule has 84 valence electrons. The topological polar surface area (TPSA) is 37.4 Å². The number of sulfonamides is 1. The van der Waals surface area contributed by atoms with Crippen LogP contribution in [-0.4, -0.2) is 25.0 Å². The maximum absolute atomic E-state index is 11.8. The van der Waals surface area contributed by atoms with Crippen molar-refractivity contribution in [2.75, 3.05) is 12.3 Å². The van der Waals surface area contributed by atoms with Crippen molar-refractivity contribution in [2.45, 2.75) is 25.8 Å². The molecule has 0 spiro atoms. The van der Waals surface area contributed by atoms with Crippen LogP contribution >= 0.6 is 11.3 Å². The van der Waals surface area contributed by atoms with Gasteiger partial charge in [0.05, 0.1) is 11.8 Å². The number of hydrogen-bond donors (Lipinski definition) is 0. The first-order valence-corrected chi connectivity index (χ1v) is 7.72. The Morgan fingerprint density at radius 3 is 3.00 bits per heavy atom. The third-order valence-corrected chi connectivity index (χ3v) is 5.44. The first-order valence-electron chi connectivity index (χ1n) is 5.17. The lowest BCUT2D eigenvalue weighted by Crippen LogP contribution is -2.31. The molecule has 1 aromatic rings.